The Morgan fingerprint density at radius 1 is 0.636 bits per heavy atom. The molecule has 0 N–H and O–H groups in total. The highest BCUT2D eigenvalue weighted by Gasteiger charge is 2.41. The van der Waals surface area contributed by atoms with E-state index in [9.17, 15) is 30.7 Å². The number of ether oxygens (including phenoxy) is 2. The maximum Gasteiger partial charge on any atom is 0.432 e. The van der Waals surface area contributed by atoms with Crippen LogP contribution in [0, 0.1) is 46.6 Å². The van der Waals surface area contributed by atoms with Gasteiger partial charge in [-0.05, 0) is 78.5 Å². The first-order chi connectivity index (χ1) is 20.9. The van der Waals surface area contributed by atoms with Crippen LogP contribution in [0.5, 0.6) is 5.75 Å². The third-order valence-corrected chi connectivity index (χ3v) is 7.84. The Bertz CT molecular complexity index is 1630. The second kappa shape index (κ2) is 12.6. The lowest BCUT2D eigenvalue weighted by Crippen LogP contribution is -2.25. The predicted octanol–water partition coefficient (Wildman–Crippen LogP) is 10.0. The van der Waals surface area contributed by atoms with Crippen molar-refractivity contribution in [2.24, 2.45) is 5.92 Å². The van der Waals surface area contributed by atoms with Gasteiger partial charge in [-0.1, -0.05) is 24.3 Å². The second-order valence-electron chi connectivity index (χ2n) is 10.7. The highest BCUT2D eigenvalue weighted by Crippen LogP contribution is 2.40. The van der Waals surface area contributed by atoms with E-state index in [1.165, 1.54) is 18.2 Å². The largest absolute Gasteiger partial charge is 0.432 e. The lowest BCUT2D eigenvalue weighted by atomic mass is 9.78. The highest BCUT2D eigenvalue weighted by atomic mass is 19.3. The molecule has 0 atom stereocenters. The lowest BCUT2D eigenvalue weighted by molar-refractivity contribution is -0.189. The Hall–Kier alpha value is -3.99. The maximum absolute atomic E-state index is 15.2. The van der Waals surface area contributed by atoms with Gasteiger partial charge in [0.1, 0.15) is 34.6 Å². The van der Waals surface area contributed by atoms with Gasteiger partial charge in [-0.15, -0.1) is 0 Å². The van der Waals surface area contributed by atoms with Crippen LogP contribution in [-0.2, 0) is 10.8 Å². The number of benzene rings is 4. The van der Waals surface area contributed by atoms with E-state index in [-0.39, 0.29) is 34.7 Å². The summed E-state index contributed by atoms with van der Waals surface area (Å²) in [5, 5.41) is 0. The minimum Gasteiger partial charge on any atom is -0.429 e. The van der Waals surface area contributed by atoms with Crippen LogP contribution >= 0.6 is 0 Å². The fourth-order valence-corrected chi connectivity index (χ4v) is 5.63. The molecule has 0 heterocycles. The van der Waals surface area contributed by atoms with Crippen molar-refractivity contribution in [3.63, 3.8) is 0 Å². The molecule has 0 radical (unpaired) electrons. The molecule has 0 unspecified atom stereocenters. The van der Waals surface area contributed by atoms with Crippen LogP contribution in [0.15, 0.2) is 60.7 Å². The van der Waals surface area contributed by atoms with Gasteiger partial charge in [0.05, 0.1) is 0 Å². The quantitative estimate of drug-likeness (QED) is 0.144. The fraction of sp³-hybridized carbons (Fsp3) is 0.273. The van der Waals surface area contributed by atoms with Crippen molar-refractivity contribution in [3.05, 3.63) is 113 Å². The molecule has 0 amide bonds. The Balaban J connectivity index is 1.37. The van der Waals surface area contributed by atoms with E-state index in [0.29, 0.717) is 24.7 Å². The van der Waals surface area contributed by atoms with Gasteiger partial charge >= 0.3 is 6.11 Å². The van der Waals surface area contributed by atoms with E-state index < -0.39 is 63.7 Å². The van der Waals surface area contributed by atoms with Crippen molar-refractivity contribution >= 4 is 0 Å². The standard InChI is InChI=1S/C33H25F9O2/c1-43-16-17-2-4-18(5-3-17)19-6-8-23(25(34)10-19)20-7-9-24(26(35)11-20)21-12-27(36)31(28(37)13-21)33(41,42)44-22-14-29(38)32(40)30(39)15-22/h6-15,17-18H,2-5,16H2,1H3. The van der Waals surface area contributed by atoms with Gasteiger partial charge in [0.25, 0.3) is 0 Å². The molecule has 0 spiro atoms. The van der Waals surface area contributed by atoms with Crippen LogP contribution in [0.2, 0.25) is 0 Å². The number of halogens is 9. The minimum absolute atomic E-state index is 0.0816. The van der Waals surface area contributed by atoms with Gasteiger partial charge in [0.2, 0.25) is 0 Å². The molecule has 1 saturated carbocycles. The fourth-order valence-electron chi connectivity index (χ4n) is 5.63. The second-order valence-corrected chi connectivity index (χ2v) is 10.7. The van der Waals surface area contributed by atoms with Crippen LogP contribution in [0.1, 0.15) is 42.7 Å². The lowest BCUT2D eigenvalue weighted by Gasteiger charge is -2.28. The van der Waals surface area contributed by atoms with Crippen molar-refractivity contribution in [2.45, 2.75) is 37.7 Å². The maximum atomic E-state index is 15.2. The molecule has 0 saturated heterocycles. The Kier molecular flexibility index (Phi) is 8.97. The van der Waals surface area contributed by atoms with Gasteiger partial charge in [-0.25, -0.2) is 30.7 Å². The molecule has 0 aliphatic heterocycles. The summed E-state index contributed by atoms with van der Waals surface area (Å²) in [6.07, 6.45) is -1.07. The van der Waals surface area contributed by atoms with E-state index in [4.69, 9.17) is 4.74 Å². The van der Waals surface area contributed by atoms with Crippen LogP contribution in [0.4, 0.5) is 39.5 Å². The van der Waals surface area contributed by atoms with Crippen molar-refractivity contribution in [1.82, 2.24) is 0 Å². The topological polar surface area (TPSA) is 18.5 Å². The molecule has 1 aliphatic carbocycles. The Morgan fingerprint density at radius 3 is 1.75 bits per heavy atom. The van der Waals surface area contributed by atoms with Gasteiger partial charge in [-0.3, -0.25) is 0 Å². The summed E-state index contributed by atoms with van der Waals surface area (Å²) in [4.78, 5) is 0. The van der Waals surface area contributed by atoms with E-state index in [2.05, 4.69) is 4.74 Å². The molecule has 0 bridgehead atoms. The van der Waals surface area contributed by atoms with Gasteiger partial charge in [0.15, 0.2) is 17.5 Å². The zero-order valence-electron chi connectivity index (χ0n) is 23.2. The highest BCUT2D eigenvalue weighted by molar-refractivity contribution is 5.72. The average molecular weight is 625 g/mol. The zero-order valence-corrected chi connectivity index (χ0v) is 23.2. The SMILES string of the molecule is COCC1CCC(c2ccc(-c3ccc(-c4cc(F)c(C(F)(F)Oc5cc(F)c(F)c(F)c5)c(F)c4)c(F)c3)c(F)c2)CC1. The number of hydrogen-bond acceptors (Lipinski definition) is 2. The van der Waals surface area contributed by atoms with Crippen molar-refractivity contribution in [2.75, 3.05) is 13.7 Å². The molecule has 1 aliphatic rings. The van der Waals surface area contributed by atoms with Crippen LogP contribution < -0.4 is 4.74 Å². The zero-order chi connectivity index (χ0) is 31.8. The predicted molar refractivity (Wildman–Crippen MR) is 145 cm³/mol. The van der Waals surface area contributed by atoms with Crippen molar-refractivity contribution in [1.29, 1.82) is 0 Å². The summed E-state index contributed by atoms with van der Waals surface area (Å²) in [7, 11) is 1.66. The minimum atomic E-state index is -4.79. The molecule has 5 rings (SSSR count). The third kappa shape index (κ3) is 6.43. The Labute approximate surface area is 247 Å². The molecule has 4 aromatic carbocycles. The molecule has 1 fully saturated rings. The number of rotatable bonds is 8. The Morgan fingerprint density at radius 2 is 1.18 bits per heavy atom. The summed E-state index contributed by atoms with van der Waals surface area (Å²) in [5.74, 6) is -11.5. The first kappa shape index (κ1) is 31.4. The van der Waals surface area contributed by atoms with Crippen LogP contribution in [0.3, 0.4) is 0 Å². The van der Waals surface area contributed by atoms with E-state index in [1.54, 1.807) is 13.2 Å². The first-order valence-electron chi connectivity index (χ1n) is 13.7. The molecular formula is C33H25F9O2. The molecule has 4 aromatic rings. The average Bonchev–Trinajstić information content (AvgIpc) is 2.95. The van der Waals surface area contributed by atoms with E-state index in [0.717, 1.165) is 43.4 Å². The van der Waals surface area contributed by atoms with Gasteiger partial charge in [0, 0.05) is 37.0 Å². The number of hydrogen-bond donors (Lipinski definition) is 0. The van der Waals surface area contributed by atoms with Gasteiger partial charge in [-0.2, -0.15) is 8.78 Å². The van der Waals surface area contributed by atoms with Crippen molar-refractivity contribution in [3.8, 4) is 28.0 Å². The third-order valence-electron chi connectivity index (χ3n) is 7.84. The summed E-state index contributed by atoms with van der Waals surface area (Å²) in [6.45, 7) is 0.689. The summed E-state index contributed by atoms with van der Waals surface area (Å²) in [5.41, 5.74) is -1.66. The van der Waals surface area contributed by atoms with E-state index in [1.807, 2.05) is 0 Å². The molecule has 0 aromatic heterocycles. The summed E-state index contributed by atoms with van der Waals surface area (Å²) in [6, 6.07) is 9.17. The normalized spacial score (nSPS) is 17.1. The van der Waals surface area contributed by atoms with Crippen molar-refractivity contribution < 1.29 is 49.0 Å². The summed E-state index contributed by atoms with van der Waals surface area (Å²) >= 11 is 0. The first-order valence-corrected chi connectivity index (χ1v) is 13.7. The van der Waals surface area contributed by atoms with Crippen LogP contribution in [0.25, 0.3) is 22.3 Å². The van der Waals surface area contributed by atoms with Gasteiger partial charge < -0.3 is 9.47 Å². The smallest absolute Gasteiger partial charge is 0.429 e. The molecule has 2 nitrogen and oxygen atoms in total. The molecular weight excluding hydrogens is 599 g/mol. The monoisotopic (exact) mass is 624 g/mol. The summed E-state index contributed by atoms with van der Waals surface area (Å²) < 4.78 is 138. The number of methoxy groups -OCH3 is 1. The number of alkyl halides is 2. The molecule has 44 heavy (non-hydrogen) atoms. The molecule has 11 heteroatoms. The molecule has 232 valence electrons. The van der Waals surface area contributed by atoms with E-state index >= 15 is 8.78 Å². The van der Waals surface area contributed by atoms with Crippen LogP contribution in [-0.4, -0.2) is 13.7 Å².